The summed E-state index contributed by atoms with van der Waals surface area (Å²) in [6.45, 7) is 0.379. The van der Waals surface area contributed by atoms with Crippen LogP contribution in [0.15, 0.2) is 58.5 Å². The molecule has 3 rings (SSSR count). The largest absolute Gasteiger partial charge is 0.344 e. The fourth-order valence-corrected chi connectivity index (χ4v) is 3.54. The molecular weight excluding hydrogens is 395 g/mol. The first-order chi connectivity index (χ1) is 12.5. The van der Waals surface area contributed by atoms with E-state index in [1.54, 1.807) is 18.2 Å². The molecule has 6 nitrogen and oxygen atoms in total. The number of thioether (sulfide) groups is 1. The summed E-state index contributed by atoms with van der Waals surface area (Å²) < 4.78 is 1.49. The zero-order valence-electron chi connectivity index (χ0n) is 13.4. The third-order valence-electron chi connectivity index (χ3n) is 3.39. The van der Waals surface area contributed by atoms with Crippen LogP contribution in [0.1, 0.15) is 5.56 Å². The molecule has 0 unspecified atom stereocenters. The van der Waals surface area contributed by atoms with Gasteiger partial charge in [0.1, 0.15) is 0 Å². The number of H-pyrrole nitrogens is 1. The molecule has 1 aromatic heterocycles. The van der Waals surface area contributed by atoms with Crippen LogP contribution >= 0.6 is 35.0 Å². The Morgan fingerprint density at radius 2 is 1.85 bits per heavy atom. The fraction of sp³-hybridized carbons (Fsp3) is 0.118. The van der Waals surface area contributed by atoms with Gasteiger partial charge in [-0.15, -0.1) is 5.10 Å². The van der Waals surface area contributed by atoms with Gasteiger partial charge in [0.05, 0.1) is 12.3 Å². The Morgan fingerprint density at radius 1 is 1.15 bits per heavy atom. The average molecular weight is 409 g/mol. The van der Waals surface area contributed by atoms with Crippen LogP contribution in [0, 0.1) is 0 Å². The van der Waals surface area contributed by atoms with Gasteiger partial charge in [-0.25, -0.2) is 9.89 Å². The van der Waals surface area contributed by atoms with Crippen molar-refractivity contribution < 1.29 is 4.79 Å². The molecule has 0 saturated carbocycles. The molecular formula is C17H14Cl2N4O2S. The number of halogens is 2. The van der Waals surface area contributed by atoms with Gasteiger partial charge < -0.3 is 5.32 Å². The molecule has 0 aliphatic heterocycles. The van der Waals surface area contributed by atoms with Crippen molar-refractivity contribution in [1.82, 2.24) is 14.8 Å². The van der Waals surface area contributed by atoms with E-state index in [1.165, 1.54) is 16.3 Å². The second-order valence-electron chi connectivity index (χ2n) is 5.38. The maximum absolute atomic E-state index is 12.1. The van der Waals surface area contributed by atoms with Crippen molar-refractivity contribution in [2.75, 3.05) is 11.1 Å². The van der Waals surface area contributed by atoms with Gasteiger partial charge >= 0.3 is 5.69 Å². The molecule has 1 heterocycles. The first-order valence-electron chi connectivity index (χ1n) is 7.59. The quantitative estimate of drug-likeness (QED) is 0.609. The van der Waals surface area contributed by atoms with Crippen molar-refractivity contribution in [1.29, 1.82) is 0 Å². The van der Waals surface area contributed by atoms with Gasteiger partial charge in [0.2, 0.25) is 5.91 Å². The van der Waals surface area contributed by atoms with Crippen molar-refractivity contribution in [3.8, 4) is 0 Å². The zero-order valence-corrected chi connectivity index (χ0v) is 15.7. The van der Waals surface area contributed by atoms with Gasteiger partial charge in [-0.1, -0.05) is 65.3 Å². The van der Waals surface area contributed by atoms with E-state index in [0.717, 1.165) is 5.56 Å². The second-order valence-corrected chi connectivity index (χ2v) is 7.19. The van der Waals surface area contributed by atoms with Crippen molar-refractivity contribution in [3.05, 3.63) is 74.6 Å². The lowest BCUT2D eigenvalue weighted by Gasteiger charge is -2.07. The first kappa shape index (κ1) is 18.6. The highest BCUT2D eigenvalue weighted by molar-refractivity contribution is 7.99. The molecule has 9 heteroatoms. The minimum absolute atomic E-state index is 0.0865. The molecule has 26 heavy (non-hydrogen) atoms. The lowest BCUT2D eigenvalue weighted by atomic mass is 10.2. The van der Waals surface area contributed by atoms with E-state index >= 15 is 0 Å². The van der Waals surface area contributed by atoms with Crippen LogP contribution in [0.5, 0.6) is 0 Å². The Morgan fingerprint density at radius 3 is 2.54 bits per heavy atom. The van der Waals surface area contributed by atoms with E-state index < -0.39 is 0 Å². The molecule has 134 valence electrons. The topological polar surface area (TPSA) is 79.8 Å². The second kappa shape index (κ2) is 8.44. The third-order valence-corrected chi connectivity index (χ3v) is 4.80. The molecule has 2 N–H and O–H groups in total. The molecule has 0 aliphatic carbocycles. The van der Waals surface area contributed by atoms with Crippen molar-refractivity contribution >= 4 is 46.6 Å². The number of nitrogens with zero attached hydrogens (tertiary/aromatic N) is 2. The zero-order chi connectivity index (χ0) is 18.5. The molecule has 0 spiro atoms. The van der Waals surface area contributed by atoms with Crippen molar-refractivity contribution in [2.24, 2.45) is 0 Å². The number of nitrogens with one attached hydrogen (secondary N) is 2. The summed E-state index contributed by atoms with van der Waals surface area (Å²) in [7, 11) is 0. The number of benzene rings is 2. The van der Waals surface area contributed by atoms with Gasteiger partial charge in [0.15, 0.2) is 5.16 Å². The third kappa shape index (κ3) is 4.91. The number of anilines is 1. The van der Waals surface area contributed by atoms with Gasteiger partial charge in [0.25, 0.3) is 0 Å². The fourth-order valence-electron chi connectivity index (χ4n) is 2.27. The first-order valence-corrected chi connectivity index (χ1v) is 9.33. The minimum Gasteiger partial charge on any atom is -0.325 e. The summed E-state index contributed by atoms with van der Waals surface area (Å²) >= 11 is 13.0. The SMILES string of the molecule is O=C(CSc1n[nH]c(=O)n1Cc1ccccc1)Nc1cc(Cl)cc(Cl)c1. The lowest BCUT2D eigenvalue weighted by molar-refractivity contribution is -0.113. The molecule has 2 aromatic carbocycles. The number of carbonyl (C=O) groups is 1. The standard InChI is InChI=1S/C17H14Cl2N4O2S/c18-12-6-13(19)8-14(7-12)20-15(24)10-26-17-22-21-16(25)23(17)9-11-4-2-1-3-5-11/h1-8H,9-10H2,(H,20,24)(H,21,25). The number of aromatic amines is 1. The van der Waals surface area contributed by atoms with E-state index in [0.29, 0.717) is 27.4 Å². The molecule has 0 fully saturated rings. The Bertz CT molecular complexity index is 952. The Kier molecular flexibility index (Phi) is 6.03. The van der Waals surface area contributed by atoms with Gasteiger partial charge in [-0.05, 0) is 23.8 Å². The van der Waals surface area contributed by atoms with Crippen molar-refractivity contribution in [2.45, 2.75) is 11.7 Å². The van der Waals surface area contributed by atoms with Crippen LogP contribution in [0.3, 0.4) is 0 Å². The smallest absolute Gasteiger partial charge is 0.325 e. The van der Waals surface area contributed by atoms with Crippen LogP contribution < -0.4 is 11.0 Å². The molecule has 0 atom stereocenters. The Hall–Kier alpha value is -2.22. The number of hydrogen-bond acceptors (Lipinski definition) is 4. The van der Waals surface area contributed by atoms with Crippen molar-refractivity contribution in [3.63, 3.8) is 0 Å². The molecule has 0 bridgehead atoms. The van der Waals surface area contributed by atoms with Crippen LogP contribution in [-0.2, 0) is 11.3 Å². The molecule has 1 amide bonds. The van der Waals surface area contributed by atoms with E-state index in [9.17, 15) is 9.59 Å². The number of aromatic nitrogens is 3. The minimum atomic E-state index is -0.321. The molecule has 0 aliphatic rings. The van der Waals surface area contributed by atoms with Crippen LogP contribution in [-0.4, -0.2) is 26.4 Å². The van der Waals surface area contributed by atoms with E-state index in [2.05, 4.69) is 15.5 Å². The monoisotopic (exact) mass is 408 g/mol. The lowest BCUT2D eigenvalue weighted by Crippen LogP contribution is -2.19. The molecule has 0 saturated heterocycles. The normalized spacial score (nSPS) is 10.7. The number of hydrogen-bond donors (Lipinski definition) is 2. The summed E-state index contributed by atoms with van der Waals surface area (Å²) in [6, 6.07) is 14.3. The van der Waals surface area contributed by atoms with E-state index in [-0.39, 0.29) is 17.3 Å². The predicted octanol–water partition coefficient (Wildman–Crippen LogP) is 3.66. The summed E-state index contributed by atoms with van der Waals surface area (Å²) in [5.41, 5.74) is 1.16. The van der Waals surface area contributed by atoms with E-state index in [4.69, 9.17) is 23.2 Å². The molecule has 3 aromatic rings. The number of rotatable bonds is 6. The summed E-state index contributed by atoms with van der Waals surface area (Å²) in [6.07, 6.45) is 0. The van der Waals surface area contributed by atoms with E-state index in [1.807, 2.05) is 30.3 Å². The van der Waals surface area contributed by atoms with Crippen LogP contribution in [0.2, 0.25) is 10.0 Å². The number of amides is 1. The van der Waals surface area contributed by atoms with Gasteiger partial charge in [-0.2, -0.15) is 0 Å². The van der Waals surface area contributed by atoms with Gasteiger partial charge in [0, 0.05) is 15.7 Å². The highest BCUT2D eigenvalue weighted by Crippen LogP contribution is 2.23. The summed E-state index contributed by atoms with van der Waals surface area (Å²) in [5, 5.41) is 10.4. The Balaban J connectivity index is 1.64. The maximum Gasteiger partial charge on any atom is 0.344 e. The average Bonchev–Trinajstić information content (AvgIpc) is 2.93. The highest BCUT2D eigenvalue weighted by atomic mass is 35.5. The molecule has 0 radical (unpaired) electrons. The Labute approximate surface area is 163 Å². The van der Waals surface area contributed by atoms with Crippen LogP contribution in [0.25, 0.3) is 0 Å². The summed E-state index contributed by atoms with van der Waals surface area (Å²) in [4.78, 5) is 24.1. The van der Waals surface area contributed by atoms with Crippen LogP contribution in [0.4, 0.5) is 5.69 Å². The maximum atomic E-state index is 12.1. The number of carbonyl (C=O) groups excluding carboxylic acids is 1. The van der Waals surface area contributed by atoms with Gasteiger partial charge in [-0.3, -0.25) is 9.36 Å². The summed E-state index contributed by atoms with van der Waals surface area (Å²) in [5.74, 6) is -0.168. The highest BCUT2D eigenvalue weighted by Gasteiger charge is 2.12. The predicted molar refractivity (Wildman–Crippen MR) is 104 cm³/mol.